The Morgan fingerprint density at radius 1 is 1.19 bits per heavy atom. The Morgan fingerprint density at radius 3 is 2.65 bits per heavy atom. The zero-order valence-corrected chi connectivity index (χ0v) is 14.0. The zero-order chi connectivity index (χ0) is 18.7. The highest BCUT2D eigenvalue weighted by Crippen LogP contribution is 2.27. The molecule has 0 aliphatic carbocycles. The van der Waals surface area contributed by atoms with Crippen LogP contribution in [-0.2, 0) is 24.1 Å². The second kappa shape index (κ2) is 7.24. The first-order valence-corrected chi connectivity index (χ1v) is 8.26. The van der Waals surface area contributed by atoms with Gasteiger partial charge in [0.2, 0.25) is 0 Å². The van der Waals surface area contributed by atoms with Crippen LogP contribution in [0.15, 0.2) is 53.1 Å². The minimum atomic E-state index is -4.57. The monoisotopic (exact) mass is 384 g/mol. The maximum Gasteiger partial charge on any atom is 0.435 e. The summed E-state index contributed by atoms with van der Waals surface area (Å²) in [5.41, 5.74) is -0.641. The zero-order valence-electron chi connectivity index (χ0n) is 13.2. The lowest BCUT2D eigenvalue weighted by Crippen LogP contribution is -2.19. The number of rotatable bonds is 4. The van der Waals surface area contributed by atoms with E-state index in [1.165, 1.54) is 17.4 Å². The average Bonchev–Trinajstić information content (AvgIpc) is 3.19. The average molecular weight is 384 g/mol. The van der Waals surface area contributed by atoms with Crippen LogP contribution in [0.3, 0.4) is 0 Å². The van der Waals surface area contributed by atoms with Crippen molar-refractivity contribution < 1.29 is 22.4 Å². The molecule has 136 valence electrons. The summed E-state index contributed by atoms with van der Waals surface area (Å²) in [5.74, 6) is -1.04. The molecule has 0 bridgehead atoms. The van der Waals surface area contributed by atoms with Gasteiger partial charge in [0.25, 0.3) is 5.91 Å². The van der Waals surface area contributed by atoms with Crippen molar-refractivity contribution >= 4 is 17.2 Å². The first-order chi connectivity index (χ1) is 12.3. The quantitative estimate of drug-likeness (QED) is 0.649. The Labute approximate surface area is 148 Å². The summed E-state index contributed by atoms with van der Waals surface area (Å²) < 4.78 is 53.8. The Morgan fingerprint density at radius 2 is 1.96 bits per heavy atom. The van der Waals surface area contributed by atoms with Gasteiger partial charge < -0.3 is 4.57 Å². The second-order valence-corrected chi connectivity index (χ2v) is 6.18. The molecule has 2 aromatic heterocycles. The van der Waals surface area contributed by atoms with Crippen LogP contribution in [0.1, 0.15) is 11.3 Å². The first-order valence-electron chi connectivity index (χ1n) is 7.38. The fourth-order valence-corrected chi connectivity index (χ4v) is 2.94. The fourth-order valence-electron chi connectivity index (χ4n) is 2.20. The van der Waals surface area contributed by atoms with Gasteiger partial charge in [-0.25, -0.2) is 4.39 Å². The number of thiazole rings is 1. The van der Waals surface area contributed by atoms with Gasteiger partial charge in [0.1, 0.15) is 12.4 Å². The number of hydrogen-bond donors (Lipinski definition) is 0. The summed E-state index contributed by atoms with van der Waals surface area (Å²) in [6.07, 6.45) is -1.85. The number of alkyl halides is 3. The van der Waals surface area contributed by atoms with Crippen LogP contribution in [0.5, 0.6) is 0 Å². The molecule has 0 fully saturated rings. The normalized spacial score (nSPS) is 12.5. The smallest absolute Gasteiger partial charge is 0.319 e. The van der Waals surface area contributed by atoms with Gasteiger partial charge in [-0.3, -0.25) is 9.48 Å². The van der Waals surface area contributed by atoms with Crippen LogP contribution in [0.4, 0.5) is 17.6 Å². The third kappa shape index (κ3) is 4.26. The van der Waals surface area contributed by atoms with Crippen molar-refractivity contribution in [3.05, 3.63) is 70.0 Å². The van der Waals surface area contributed by atoms with Crippen LogP contribution in [-0.4, -0.2) is 20.3 Å². The molecule has 0 aliphatic heterocycles. The molecule has 1 amide bonds. The summed E-state index contributed by atoms with van der Waals surface area (Å²) in [7, 11) is 0. The van der Waals surface area contributed by atoms with E-state index in [1.807, 2.05) is 0 Å². The molecule has 3 rings (SSSR count). The minimum Gasteiger partial charge on any atom is -0.319 e. The van der Waals surface area contributed by atoms with E-state index in [-0.39, 0.29) is 12.4 Å². The summed E-state index contributed by atoms with van der Waals surface area (Å²) in [5, 5.41) is 4.99. The molecule has 10 heteroatoms. The van der Waals surface area contributed by atoms with Crippen molar-refractivity contribution in [3.8, 4) is 0 Å². The Hall–Kier alpha value is -2.75. The van der Waals surface area contributed by atoms with Gasteiger partial charge in [-0.1, -0.05) is 18.2 Å². The van der Waals surface area contributed by atoms with E-state index in [9.17, 15) is 22.4 Å². The Bertz CT molecular complexity index is 986. The number of hydrogen-bond acceptors (Lipinski definition) is 3. The molecule has 1 aromatic carbocycles. The van der Waals surface area contributed by atoms with Gasteiger partial charge in [-0.2, -0.15) is 23.3 Å². The number of benzene rings is 1. The lowest BCUT2D eigenvalue weighted by atomic mass is 10.2. The maximum atomic E-state index is 13.8. The van der Waals surface area contributed by atoms with Gasteiger partial charge in [0.15, 0.2) is 10.5 Å². The van der Waals surface area contributed by atoms with Crippen molar-refractivity contribution in [1.29, 1.82) is 0 Å². The first kappa shape index (κ1) is 18.1. The van der Waals surface area contributed by atoms with E-state index >= 15 is 0 Å². The van der Waals surface area contributed by atoms with Crippen LogP contribution >= 0.6 is 11.3 Å². The molecule has 0 atom stereocenters. The number of carbonyl (C=O) groups excluding carboxylic acids is 1. The van der Waals surface area contributed by atoms with Crippen molar-refractivity contribution in [2.45, 2.75) is 19.3 Å². The SMILES string of the molecule is O=C(Cn1ccc(C(F)(F)F)n1)N=c1sccn1Cc1ccccc1F. The van der Waals surface area contributed by atoms with Gasteiger partial charge in [0, 0.05) is 23.3 Å². The van der Waals surface area contributed by atoms with E-state index in [1.54, 1.807) is 34.3 Å². The van der Waals surface area contributed by atoms with Gasteiger partial charge in [0.05, 0.1) is 6.54 Å². The molecule has 0 unspecified atom stereocenters. The third-order valence-electron chi connectivity index (χ3n) is 3.41. The maximum absolute atomic E-state index is 13.8. The van der Waals surface area contributed by atoms with Gasteiger partial charge in [-0.05, 0) is 12.1 Å². The van der Waals surface area contributed by atoms with Crippen molar-refractivity contribution in [1.82, 2.24) is 14.3 Å². The lowest BCUT2D eigenvalue weighted by molar-refractivity contribution is -0.141. The molecule has 0 radical (unpaired) electrons. The molecule has 0 saturated heterocycles. The molecule has 3 aromatic rings. The molecule has 0 aliphatic rings. The molecule has 2 heterocycles. The van der Waals surface area contributed by atoms with Crippen molar-refractivity contribution in [3.63, 3.8) is 0 Å². The van der Waals surface area contributed by atoms with Crippen molar-refractivity contribution in [2.75, 3.05) is 0 Å². The Kier molecular flexibility index (Phi) is 5.03. The van der Waals surface area contributed by atoms with E-state index in [0.717, 1.165) is 16.9 Å². The molecular formula is C16H12F4N4OS. The highest BCUT2D eigenvalue weighted by Gasteiger charge is 2.33. The Balaban J connectivity index is 1.76. The standard InChI is InChI=1S/C16H12F4N4OS/c17-12-4-2-1-3-11(12)9-23-7-8-26-15(23)21-14(25)10-24-6-5-13(22-24)16(18,19)20/h1-8H,9-10H2. The summed E-state index contributed by atoms with van der Waals surface area (Å²) in [4.78, 5) is 16.2. The molecule has 0 N–H and O–H groups in total. The number of amides is 1. The number of aromatic nitrogens is 3. The highest BCUT2D eigenvalue weighted by atomic mass is 32.1. The van der Waals surface area contributed by atoms with Crippen LogP contribution in [0.2, 0.25) is 0 Å². The molecular weight excluding hydrogens is 372 g/mol. The minimum absolute atomic E-state index is 0.183. The van der Waals surface area contributed by atoms with Crippen LogP contribution < -0.4 is 4.80 Å². The lowest BCUT2D eigenvalue weighted by Gasteiger charge is -2.04. The summed E-state index contributed by atoms with van der Waals surface area (Å²) in [6.45, 7) is -0.240. The largest absolute Gasteiger partial charge is 0.435 e. The summed E-state index contributed by atoms with van der Waals surface area (Å²) in [6, 6.07) is 7.01. The van der Waals surface area contributed by atoms with E-state index < -0.39 is 24.3 Å². The number of carbonyl (C=O) groups is 1. The van der Waals surface area contributed by atoms with E-state index in [4.69, 9.17) is 0 Å². The van der Waals surface area contributed by atoms with E-state index in [2.05, 4.69) is 10.1 Å². The fraction of sp³-hybridized carbons (Fsp3) is 0.188. The summed E-state index contributed by atoms with van der Waals surface area (Å²) >= 11 is 1.17. The van der Waals surface area contributed by atoms with Crippen molar-refractivity contribution in [2.24, 2.45) is 4.99 Å². The predicted molar refractivity (Wildman–Crippen MR) is 85.6 cm³/mol. The topological polar surface area (TPSA) is 52.2 Å². The third-order valence-corrected chi connectivity index (χ3v) is 4.20. The number of nitrogens with zero attached hydrogens (tertiary/aromatic N) is 4. The second-order valence-electron chi connectivity index (χ2n) is 5.31. The molecule has 0 spiro atoms. The predicted octanol–water partition coefficient (Wildman–Crippen LogP) is 3.08. The van der Waals surface area contributed by atoms with E-state index in [0.29, 0.717) is 10.4 Å². The van der Waals surface area contributed by atoms with Gasteiger partial charge >= 0.3 is 6.18 Å². The number of halogens is 4. The highest BCUT2D eigenvalue weighted by molar-refractivity contribution is 7.07. The van der Waals surface area contributed by atoms with Gasteiger partial charge in [-0.15, -0.1) is 11.3 Å². The molecule has 0 saturated carbocycles. The van der Waals surface area contributed by atoms with Crippen LogP contribution in [0.25, 0.3) is 0 Å². The molecule has 5 nitrogen and oxygen atoms in total. The van der Waals surface area contributed by atoms with Crippen LogP contribution in [0, 0.1) is 5.82 Å². The molecule has 26 heavy (non-hydrogen) atoms.